The molecule has 0 aliphatic rings. The molecule has 0 saturated heterocycles. The summed E-state index contributed by atoms with van der Waals surface area (Å²) in [4.78, 5) is 23.6. The summed E-state index contributed by atoms with van der Waals surface area (Å²) in [6.07, 6.45) is -8.52. The summed E-state index contributed by atoms with van der Waals surface area (Å²) in [5.41, 5.74) is -2.78. The Balaban J connectivity index is 2.64. The molecule has 128 valence electrons. The number of carbonyl (C=O) groups is 1. The fourth-order valence-electron chi connectivity index (χ4n) is 1.80. The van der Waals surface area contributed by atoms with E-state index in [2.05, 4.69) is 9.72 Å². The van der Waals surface area contributed by atoms with Gasteiger partial charge in [0.15, 0.2) is 0 Å². The average molecular weight is 352 g/mol. The normalized spacial score (nSPS) is 11.8. The van der Waals surface area contributed by atoms with Crippen LogP contribution in [0.1, 0.15) is 12.0 Å². The summed E-state index contributed by atoms with van der Waals surface area (Å²) in [5.74, 6) is -4.75. The molecule has 0 fully saturated rings. The number of hydrogen-bond acceptors (Lipinski definition) is 6. The topological polar surface area (TPSA) is 103 Å². The zero-order valence-corrected chi connectivity index (χ0v) is 11.2. The van der Waals surface area contributed by atoms with Crippen LogP contribution >= 0.6 is 0 Å². The number of benzene rings is 1. The van der Waals surface area contributed by atoms with Gasteiger partial charge in [0.2, 0.25) is 11.6 Å². The second-order valence-electron chi connectivity index (χ2n) is 4.32. The van der Waals surface area contributed by atoms with Gasteiger partial charge < -0.3 is 9.84 Å². The zero-order valence-electron chi connectivity index (χ0n) is 11.2. The lowest BCUT2D eigenvalue weighted by Crippen LogP contribution is -2.28. The largest absolute Gasteiger partial charge is 0.501 e. The number of nitrogens with zero attached hydrogens (tertiary/aromatic N) is 2. The molecular weight excluding hydrogens is 347 g/mol. The van der Waals surface area contributed by atoms with Crippen molar-refractivity contribution in [1.82, 2.24) is 4.98 Å². The van der Waals surface area contributed by atoms with Gasteiger partial charge in [0.1, 0.15) is 5.52 Å². The molecule has 2 rings (SSSR count). The van der Waals surface area contributed by atoms with Gasteiger partial charge >= 0.3 is 17.8 Å². The van der Waals surface area contributed by atoms with Crippen molar-refractivity contribution < 1.29 is 41.5 Å². The van der Waals surface area contributed by atoms with Gasteiger partial charge in [-0.25, -0.2) is 18.6 Å². The van der Waals surface area contributed by atoms with Crippen LogP contribution < -0.4 is 4.74 Å². The lowest BCUT2D eigenvalue weighted by atomic mass is 10.1. The molecule has 0 atom stereocenters. The summed E-state index contributed by atoms with van der Waals surface area (Å²) in [6, 6.07) is 1.90. The first-order chi connectivity index (χ1) is 11.0. The maximum atomic E-state index is 13.0. The highest BCUT2D eigenvalue weighted by atomic mass is 19.4. The highest BCUT2D eigenvalue weighted by Crippen LogP contribution is 2.40. The number of phenolic OH excluding ortho intramolecular Hbond substituents is 1. The van der Waals surface area contributed by atoms with E-state index in [0.717, 1.165) is 6.07 Å². The molecule has 7 nitrogen and oxygen atoms in total. The van der Waals surface area contributed by atoms with Crippen molar-refractivity contribution in [1.29, 1.82) is 0 Å². The minimum Gasteiger partial charge on any atom is -0.501 e. The van der Waals surface area contributed by atoms with E-state index < -0.39 is 57.3 Å². The number of carbonyl (C=O) groups excluding carboxylic acids is 1. The van der Waals surface area contributed by atoms with Gasteiger partial charge in [0.05, 0.1) is 4.92 Å². The summed E-state index contributed by atoms with van der Waals surface area (Å²) >= 11 is 0. The molecule has 2 aromatic rings. The standard InChI is InChI=1S/C12H5F5N2O5/c13-10(14)5-3-6(19(22)23)9(20)8-4(5)1-2-7(18-8)24-11(21)12(15,16)17/h1-3,10,20H. The lowest BCUT2D eigenvalue weighted by Gasteiger charge is -2.10. The number of pyridine rings is 1. The first-order valence-electron chi connectivity index (χ1n) is 5.90. The Morgan fingerprint density at radius 2 is 1.96 bits per heavy atom. The van der Waals surface area contributed by atoms with E-state index in [1.54, 1.807) is 0 Å². The summed E-state index contributed by atoms with van der Waals surface area (Å²) in [5, 5.41) is 20.1. The fraction of sp³-hybridized carbons (Fsp3) is 0.167. The van der Waals surface area contributed by atoms with Gasteiger partial charge in [0, 0.05) is 23.1 Å². The van der Waals surface area contributed by atoms with E-state index >= 15 is 0 Å². The third-order valence-electron chi connectivity index (χ3n) is 2.80. The van der Waals surface area contributed by atoms with Crippen molar-refractivity contribution in [2.24, 2.45) is 0 Å². The fourth-order valence-corrected chi connectivity index (χ4v) is 1.80. The highest BCUT2D eigenvalue weighted by molar-refractivity contribution is 5.92. The molecule has 0 radical (unpaired) electrons. The molecule has 1 aromatic heterocycles. The van der Waals surface area contributed by atoms with Gasteiger partial charge in [-0.05, 0) is 6.07 Å². The number of rotatable bonds is 3. The Morgan fingerprint density at radius 3 is 2.46 bits per heavy atom. The Labute approximate surface area is 128 Å². The van der Waals surface area contributed by atoms with Crippen LogP contribution in [0.2, 0.25) is 0 Å². The second kappa shape index (κ2) is 5.86. The smallest absolute Gasteiger partial charge is 0.491 e. The summed E-state index contributed by atoms with van der Waals surface area (Å²) in [6.45, 7) is 0. The summed E-state index contributed by atoms with van der Waals surface area (Å²) in [7, 11) is 0. The first kappa shape index (κ1) is 17.3. The van der Waals surface area contributed by atoms with Crippen LogP contribution in [-0.2, 0) is 4.79 Å². The summed E-state index contributed by atoms with van der Waals surface area (Å²) < 4.78 is 66.2. The average Bonchev–Trinajstić information content (AvgIpc) is 2.46. The molecule has 24 heavy (non-hydrogen) atoms. The predicted octanol–water partition coefficient (Wildman–Crippen LogP) is 3.25. The van der Waals surface area contributed by atoms with Gasteiger partial charge in [-0.1, -0.05) is 0 Å². The number of ether oxygens (including phenoxy) is 1. The van der Waals surface area contributed by atoms with Crippen LogP contribution in [0.15, 0.2) is 18.2 Å². The molecule has 1 heterocycles. The Kier molecular flexibility index (Phi) is 4.23. The van der Waals surface area contributed by atoms with Crippen LogP contribution in [-0.4, -0.2) is 27.2 Å². The van der Waals surface area contributed by atoms with Gasteiger partial charge in [-0.3, -0.25) is 10.1 Å². The number of fused-ring (bicyclic) bond motifs is 1. The molecule has 1 aromatic carbocycles. The van der Waals surface area contributed by atoms with Crippen molar-refractivity contribution in [3.63, 3.8) is 0 Å². The number of aromatic hydroxyl groups is 1. The van der Waals surface area contributed by atoms with E-state index in [-0.39, 0.29) is 0 Å². The van der Waals surface area contributed by atoms with Crippen molar-refractivity contribution in [3.8, 4) is 11.6 Å². The number of phenols is 1. The predicted molar refractivity (Wildman–Crippen MR) is 66.7 cm³/mol. The quantitative estimate of drug-likeness (QED) is 0.394. The van der Waals surface area contributed by atoms with Crippen LogP contribution in [0, 0.1) is 10.1 Å². The number of hydrogen-bond donors (Lipinski definition) is 1. The Morgan fingerprint density at radius 1 is 1.33 bits per heavy atom. The van der Waals surface area contributed by atoms with Crippen LogP contribution in [0.25, 0.3) is 10.9 Å². The number of halogens is 5. The Hall–Kier alpha value is -3.05. The number of esters is 1. The van der Waals surface area contributed by atoms with Gasteiger partial charge in [-0.2, -0.15) is 13.2 Å². The highest BCUT2D eigenvalue weighted by Gasteiger charge is 2.41. The molecule has 12 heteroatoms. The van der Waals surface area contributed by atoms with Gasteiger partial charge in [-0.15, -0.1) is 0 Å². The van der Waals surface area contributed by atoms with E-state index in [4.69, 9.17) is 0 Å². The molecule has 0 unspecified atom stereocenters. The lowest BCUT2D eigenvalue weighted by molar-refractivity contribution is -0.385. The van der Waals surface area contributed by atoms with E-state index in [0.29, 0.717) is 12.1 Å². The molecule has 0 bridgehead atoms. The molecule has 1 N–H and O–H groups in total. The van der Waals surface area contributed by atoms with Crippen LogP contribution in [0.4, 0.5) is 27.6 Å². The third kappa shape index (κ3) is 3.16. The van der Waals surface area contributed by atoms with Crippen molar-refractivity contribution in [2.45, 2.75) is 12.6 Å². The van der Waals surface area contributed by atoms with E-state index in [9.17, 15) is 42.0 Å². The van der Waals surface area contributed by atoms with Crippen molar-refractivity contribution in [3.05, 3.63) is 33.9 Å². The van der Waals surface area contributed by atoms with Crippen LogP contribution in [0.5, 0.6) is 11.6 Å². The molecule has 0 saturated carbocycles. The van der Waals surface area contributed by atoms with E-state index in [1.807, 2.05) is 0 Å². The second-order valence-corrected chi connectivity index (χ2v) is 4.32. The molecule has 0 amide bonds. The maximum Gasteiger partial charge on any atom is 0.491 e. The minimum atomic E-state index is -5.34. The third-order valence-corrected chi connectivity index (χ3v) is 2.80. The zero-order chi connectivity index (χ0) is 18.2. The number of nitro benzene ring substituents is 1. The molecule has 0 aliphatic carbocycles. The van der Waals surface area contributed by atoms with Crippen molar-refractivity contribution >= 4 is 22.6 Å². The first-order valence-corrected chi connectivity index (χ1v) is 5.90. The van der Waals surface area contributed by atoms with E-state index in [1.165, 1.54) is 0 Å². The number of alkyl halides is 5. The SMILES string of the molecule is O=C(Oc1ccc2c(C(F)F)cc([N+](=O)[O-])c(O)c2n1)C(F)(F)F. The minimum absolute atomic E-state index is 0.422. The molecular formula is C12H5F5N2O5. The number of aromatic nitrogens is 1. The Bertz CT molecular complexity index is 837. The molecule has 0 spiro atoms. The maximum absolute atomic E-state index is 13.0. The molecule has 0 aliphatic heterocycles. The van der Waals surface area contributed by atoms with Crippen LogP contribution in [0.3, 0.4) is 0 Å². The number of nitro groups is 1. The van der Waals surface area contributed by atoms with Crippen molar-refractivity contribution in [2.75, 3.05) is 0 Å². The van der Waals surface area contributed by atoms with Gasteiger partial charge in [0.25, 0.3) is 6.43 Å². The monoisotopic (exact) mass is 352 g/mol.